The summed E-state index contributed by atoms with van der Waals surface area (Å²) in [7, 11) is 0. The second kappa shape index (κ2) is 11.9. The lowest BCUT2D eigenvalue weighted by molar-refractivity contribution is -0.137. The number of hydrazone groups is 1. The van der Waals surface area contributed by atoms with Crippen LogP contribution in [0.4, 0.5) is 24.5 Å². The fraction of sp³-hybridized carbons (Fsp3) is 0.519. The van der Waals surface area contributed by atoms with Gasteiger partial charge in [0.15, 0.2) is 0 Å². The van der Waals surface area contributed by atoms with Crippen LogP contribution in [0.25, 0.3) is 0 Å². The number of carboxylic acids is 1. The number of benzene rings is 1. The molecule has 1 aromatic heterocycles. The molecular formula is C27H32ClF3N4O4. The first kappa shape index (κ1) is 28.8. The van der Waals surface area contributed by atoms with Gasteiger partial charge in [0.05, 0.1) is 48.3 Å². The van der Waals surface area contributed by atoms with Crippen LogP contribution in [-0.2, 0) is 4.79 Å². The van der Waals surface area contributed by atoms with Crippen molar-refractivity contribution in [3.63, 3.8) is 0 Å². The molecule has 2 aromatic rings. The minimum Gasteiger partial charge on any atom is -0.493 e. The van der Waals surface area contributed by atoms with E-state index in [1.165, 1.54) is 6.92 Å². The molecule has 4 rings (SSSR count). The van der Waals surface area contributed by atoms with Crippen molar-refractivity contribution < 1.29 is 32.5 Å². The Bertz CT molecular complexity index is 1190. The van der Waals surface area contributed by atoms with E-state index in [0.29, 0.717) is 47.4 Å². The van der Waals surface area contributed by atoms with Gasteiger partial charge >= 0.3 is 12.1 Å². The number of ether oxygens (including phenoxy) is 2. The molecule has 1 N–H and O–H groups in total. The first-order chi connectivity index (χ1) is 18.5. The molecule has 0 radical (unpaired) electrons. The Morgan fingerprint density at radius 2 is 1.92 bits per heavy atom. The van der Waals surface area contributed by atoms with Crippen LogP contribution in [0.5, 0.6) is 11.6 Å². The molecule has 4 atom stereocenters. The highest BCUT2D eigenvalue weighted by molar-refractivity contribution is 6.33. The maximum absolute atomic E-state index is 13.4. The van der Waals surface area contributed by atoms with Crippen LogP contribution in [-0.4, -0.2) is 60.3 Å². The molecule has 12 heteroatoms. The van der Waals surface area contributed by atoms with Gasteiger partial charge in [-0.1, -0.05) is 25.4 Å². The summed E-state index contributed by atoms with van der Waals surface area (Å²) in [5.74, 6) is -0.527. The Hall–Kier alpha value is -3.21. The minimum absolute atomic E-state index is 0.297. The average molecular weight is 569 g/mol. The summed E-state index contributed by atoms with van der Waals surface area (Å²) >= 11 is 6.41. The summed E-state index contributed by atoms with van der Waals surface area (Å²) in [5.41, 5.74) is 0.296. The van der Waals surface area contributed by atoms with Gasteiger partial charge in [-0.25, -0.2) is 4.98 Å². The maximum Gasteiger partial charge on any atom is 0.431 e. The predicted molar refractivity (Wildman–Crippen MR) is 143 cm³/mol. The van der Waals surface area contributed by atoms with Gasteiger partial charge in [0, 0.05) is 25.1 Å². The van der Waals surface area contributed by atoms with Gasteiger partial charge in [0.2, 0.25) is 5.88 Å². The first-order valence-electron chi connectivity index (χ1n) is 12.9. The zero-order chi connectivity index (χ0) is 28.3. The monoisotopic (exact) mass is 568 g/mol. The van der Waals surface area contributed by atoms with Crippen LogP contribution in [0.1, 0.15) is 33.6 Å². The highest BCUT2D eigenvalue weighted by Gasteiger charge is 2.48. The molecule has 2 aliphatic rings. The summed E-state index contributed by atoms with van der Waals surface area (Å²) in [6, 6.07) is 7.48. The summed E-state index contributed by atoms with van der Waals surface area (Å²) in [6.07, 6.45) is -2.60. The SMILES string of the molecule is CCOc1cc(N2CC[C@H](COc3ccc(N4N=C(C(F)(F)F)[C@@H](C)[C@@H]4CC(=O)O)cc3)[C@@H](C)C2)c(Cl)cn1. The fourth-order valence-corrected chi connectivity index (χ4v) is 5.34. The van der Waals surface area contributed by atoms with Gasteiger partial charge in [-0.3, -0.25) is 9.80 Å². The number of aromatic nitrogens is 1. The quantitative estimate of drug-likeness (QED) is 0.403. The van der Waals surface area contributed by atoms with Gasteiger partial charge in [0.1, 0.15) is 11.5 Å². The number of carbonyl (C=O) groups is 1. The molecule has 0 amide bonds. The van der Waals surface area contributed by atoms with Crippen molar-refractivity contribution in [2.24, 2.45) is 22.9 Å². The number of piperidine rings is 1. The molecule has 0 spiro atoms. The summed E-state index contributed by atoms with van der Waals surface area (Å²) < 4.78 is 51.8. The van der Waals surface area contributed by atoms with Crippen LogP contribution in [0, 0.1) is 17.8 Å². The van der Waals surface area contributed by atoms with E-state index < -0.39 is 36.2 Å². The fourth-order valence-electron chi connectivity index (χ4n) is 5.12. The third-order valence-corrected chi connectivity index (χ3v) is 7.59. The molecular weight excluding hydrogens is 537 g/mol. The van der Waals surface area contributed by atoms with E-state index in [1.54, 1.807) is 30.5 Å². The van der Waals surface area contributed by atoms with E-state index in [1.807, 2.05) is 13.0 Å². The number of nitrogens with zero attached hydrogens (tertiary/aromatic N) is 4. The van der Waals surface area contributed by atoms with E-state index in [-0.39, 0.29) is 0 Å². The zero-order valence-corrected chi connectivity index (χ0v) is 22.7. The van der Waals surface area contributed by atoms with Crippen molar-refractivity contribution >= 4 is 34.7 Å². The maximum atomic E-state index is 13.4. The number of pyridine rings is 1. The van der Waals surface area contributed by atoms with E-state index in [0.717, 1.165) is 30.2 Å². The molecule has 0 saturated carbocycles. The van der Waals surface area contributed by atoms with Crippen molar-refractivity contribution in [2.45, 2.75) is 45.8 Å². The Balaban J connectivity index is 1.37. The van der Waals surface area contributed by atoms with Crippen molar-refractivity contribution in [3.8, 4) is 11.6 Å². The highest BCUT2D eigenvalue weighted by Crippen LogP contribution is 2.37. The molecule has 3 heterocycles. The summed E-state index contributed by atoms with van der Waals surface area (Å²) in [4.78, 5) is 17.7. The van der Waals surface area contributed by atoms with Gasteiger partial charge in [-0.15, -0.1) is 0 Å². The van der Waals surface area contributed by atoms with Crippen molar-refractivity contribution in [2.75, 3.05) is 36.2 Å². The molecule has 0 bridgehead atoms. The van der Waals surface area contributed by atoms with E-state index in [2.05, 4.69) is 21.9 Å². The largest absolute Gasteiger partial charge is 0.493 e. The third-order valence-electron chi connectivity index (χ3n) is 7.30. The lowest BCUT2D eigenvalue weighted by atomic mass is 9.87. The highest BCUT2D eigenvalue weighted by atomic mass is 35.5. The smallest absolute Gasteiger partial charge is 0.431 e. The summed E-state index contributed by atoms with van der Waals surface area (Å²) in [5, 5.41) is 14.7. The molecule has 0 aliphatic carbocycles. The number of carboxylic acid groups (broad SMARTS) is 1. The Labute approximate surface area is 230 Å². The molecule has 8 nitrogen and oxygen atoms in total. The van der Waals surface area contributed by atoms with Crippen molar-refractivity contribution in [1.82, 2.24) is 4.98 Å². The topological polar surface area (TPSA) is 87.5 Å². The number of hydrogen-bond donors (Lipinski definition) is 1. The first-order valence-corrected chi connectivity index (χ1v) is 13.3. The number of alkyl halides is 3. The second-order valence-corrected chi connectivity index (χ2v) is 10.4. The summed E-state index contributed by atoms with van der Waals surface area (Å²) in [6.45, 7) is 8.01. The lowest BCUT2D eigenvalue weighted by Crippen LogP contribution is -2.41. The molecule has 212 valence electrons. The lowest BCUT2D eigenvalue weighted by Gasteiger charge is -2.38. The number of hydrogen-bond acceptors (Lipinski definition) is 7. The number of aliphatic carboxylic acids is 1. The molecule has 2 aliphatic heterocycles. The number of halogens is 4. The zero-order valence-electron chi connectivity index (χ0n) is 22.0. The van der Waals surface area contributed by atoms with Gasteiger partial charge in [-0.05, 0) is 49.4 Å². The molecule has 1 saturated heterocycles. The normalized spacial score (nSPS) is 23.5. The van der Waals surface area contributed by atoms with Gasteiger partial charge in [0.25, 0.3) is 0 Å². The Morgan fingerprint density at radius 3 is 2.54 bits per heavy atom. The Kier molecular flexibility index (Phi) is 8.78. The third kappa shape index (κ3) is 6.69. The van der Waals surface area contributed by atoms with E-state index >= 15 is 0 Å². The van der Waals surface area contributed by atoms with Crippen LogP contribution >= 0.6 is 11.6 Å². The van der Waals surface area contributed by atoms with Crippen molar-refractivity contribution in [1.29, 1.82) is 0 Å². The van der Waals surface area contributed by atoms with Crippen LogP contribution in [0.2, 0.25) is 5.02 Å². The average Bonchev–Trinajstić information content (AvgIpc) is 3.20. The van der Waals surface area contributed by atoms with Crippen LogP contribution in [0.15, 0.2) is 41.6 Å². The molecule has 39 heavy (non-hydrogen) atoms. The van der Waals surface area contributed by atoms with Crippen molar-refractivity contribution in [3.05, 3.63) is 41.6 Å². The molecule has 1 aromatic carbocycles. The predicted octanol–water partition coefficient (Wildman–Crippen LogP) is 5.89. The van der Waals surface area contributed by atoms with E-state index in [4.69, 9.17) is 21.1 Å². The standard InChI is InChI=1S/C27H32ClF3N4O4/c1-4-38-24-11-23(21(28)13-32-24)34-10-9-18(16(2)14-34)15-39-20-7-5-19(6-8-20)35-22(12-25(36)37)17(3)26(33-35)27(29,30)31/h5-8,11,13,16-18,22H,4,9-10,12,14-15H2,1-3H3,(H,36,37)/t16-,17-,18+,22-/m0/s1. The molecule has 1 fully saturated rings. The van der Waals surface area contributed by atoms with Crippen LogP contribution in [0.3, 0.4) is 0 Å². The van der Waals surface area contributed by atoms with E-state index in [9.17, 15) is 23.1 Å². The van der Waals surface area contributed by atoms with Gasteiger partial charge < -0.3 is 19.5 Å². The molecule has 0 unspecified atom stereocenters. The number of anilines is 2. The van der Waals surface area contributed by atoms with Crippen LogP contribution < -0.4 is 19.4 Å². The Morgan fingerprint density at radius 1 is 1.21 bits per heavy atom. The second-order valence-electron chi connectivity index (χ2n) is 9.97. The minimum atomic E-state index is -4.63. The van der Waals surface area contributed by atoms with Gasteiger partial charge in [-0.2, -0.15) is 18.3 Å². The number of rotatable bonds is 9.